The van der Waals surface area contributed by atoms with Crippen molar-refractivity contribution in [3.63, 3.8) is 0 Å². The molecule has 1 rings (SSSR count). The van der Waals surface area contributed by atoms with Gasteiger partial charge in [-0.1, -0.05) is 13.8 Å². The van der Waals surface area contributed by atoms with Gasteiger partial charge in [-0.2, -0.15) is 0 Å². The van der Waals surface area contributed by atoms with E-state index in [-0.39, 0.29) is 12.4 Å². The van der Waals surface area contributed by atoms with Crippen molar-refractivity contribution < 1.29 is 0 Å². The number of nitrogens with two attached hydrogens (primary N) is 1. The van der Waals surface area contributed by atoms with Crippen LogP contribution in [0.5, 0.6) is 0 Å². The van der Waals surface area contributed by atoms with E-state index in [9.17, 15) is 0 Å². The van der Waals surface area contributed by atoms with Crippen molar-refractivity contribution >= 4 is 18.2 Å². The molecule has 0 unspecified atom stereocenters. The number of aliphatic imine (C=N–C) groups is 1. The second-order valence-corrected chi connectivity index (χ2v) is 3.83. The van der Waals surface area contributed by atoms with Crippen molar-refractivity contribution in [1.29, 1.82) is 0 Å². The summed E-state index contributed by atoms with van der Waals surface area (Å²) in [6, 6.07) is 0. The molecule has 0 bridgehead atoms. The summed E-state index contributed by atoms with van der Waals surface area (Å²) in [7, 11) is 0. The van der Waals surface area contributed by atoms with Crippen LogP contribution in [-0.4, -0.2) is 12.4 Å². The Morgan fingerprint density at radius 1 is 1.45 bits per heavy atom. The molecule has 0 atom stereocenters. The molecular weight excluding hydrogens is 160 g/mol. The van der Waals surface area contributed by atoms with Gasteiger partial charge in [0.05, 0.1) is 5.84 Å². The predicted molar refractivity (Wildman–Crippen MR) is 51.4 cm³/mol. The topological polar surface area (TPSA) is 38.4 Å². The largest absolute Gasteiger partial charge is 0.387 e. The van der Waals surface area contributed by atoms with Crippen LogP contribution >= 0.6 is 12.4 Å². The molecule has 1 aliphatic rings. The number of hydrogen-bond donors (Lipinski definition) is 1. The Morgan fingerprint density at radius 3 is 2.73 bits per heavy atom. The normalized spacial score (nSPS) is 22.9. The van der Waals surface area contributed by atoms with E-state index in [1.165, 1.54) is 12.8 Å². The molecule has 0 aliphatic carbocycles. The number of rotatable bonds is 0. The first-order chi connectivity index (χ1) is 4.60. The zero-order valence-corrected chi connectivity index (χ0v) is 8.08. The van der Waals surface area contributed by atoms with Gasteiger partial charge in [-0.25, -0.2) is 0 Å². The molecule has 2 N–H and O–H groups in total. The molecule has 0 aromatic rings. The first kappa shape index (κ1) is 10.8. The standard InChI is InChI=1S/C8H16N2.ClH/c1-8(2)5-3-4-7(9)10-6-8;/h3-6H2,1-2H3,(H2,9,10);1H. The molecule has 0 amide bonds. The van der Waals surface area contributed by atoms with E-state index in [2.05, 4.69) is 18.8 Å². The molecule has 0 fully saturated rings. The summed E-state index contributed by atoms with van der Waals surface area (Å²) < 4.78 is 0. The van der Waals surface area contributed by atoms with Gasteiger partial charge in [-0.3, -0.25) is 4.99 Å². The fourth-order valence-corrected chi connectivity index (χ4v) is 1.22. The molecule has 1 aliphatic heterocycles. The molecule has 0 aromatic heterocycles. The Hall–Kier alpha value is -0.240. The van der Waals surface area contributed by atoms with Crippen molar-refractivity contribution in [1.82, 2.24) is 0 Å². The molecule has 11 heavy (non-hydrogen) atoms. The summed E-state index contributed by atoms with van der Waals surface area (Å²) in [4.78, 5) is 4.27. The summed E-state index contributed by atoms with van der Waals surface area (Å²) >= 11 is 0. The number of nitrogens with zero attached hydrogens (tertiary/aromatic N) is 1. The third kappa shape index (κ3) is 3.61. The Kier molecular flexibility index (Phi) is 3.87. The Labute approximate surface area is 74.7 Å². The molecule has 0 saturated heterocycles. The highest BCUT2D eigenvalue weighted by Crippen LogP contribution is 2.25. The molecular formula is C8H17ClN2. The quantitative estimate of drug-likeness (QED) is 0.602. The van der Waals surface area contributed by atoms with Gasteiger partial charge >= 0.3 is 0 Å². The minimum atomic E-state index is 0. The van der Waals surface area contributed by atoms with Crippen LogP contribution in [0.2, 0.25) is 0 Å². The van der Waals surface area contributed by atoms with Gasteiger partial charge in [0.15, 0.2) is 0 Å². The van der Waals surface area contributed by atoms with Crippen LogP contribution in [0.25, 0.3) is 0 Å². The van der Waals surface area contributed by atoms with E-state index < -0.39 is 0 Å². The van der Waals surface area contributed by atoms with Crippen LogP contribution in [-0.2, 0) is 0 Å². The average Bonchev–Trinajstić information content (AvgIpc) is 1.94. The SMILES string of the molecule is CC1(C)CCCC(N)=NC1.Cl. The lowest BCUT2D eigenvalue weighted by Gasteiger charge is -2.19. The van der Waals surface area contributed by atoms with E-state index in [4.69, 9.17) is 5.73 Å². The highest BCUT2D eigenvalue weighted by molar-refractivity contribution is 5.85. The highest BCUT2D eigenvalue weighted by Gasteiger charge is 2.19. The third-order valence-corrected chi connectivity index (χ3v) is 2.00. The minimum absolute atomic E-state index is 0. The smallest absolute Gasteiger partial charge is 0.0937 e. The summed E-state index contributed by atoms with van der Waals surface area (Å²) in [5.74, 6) is 0.838. The number of hydrogen-bond acceptors (Lipinski definition) is 2. The van der Waals surface area contributed by atoms with Crippen molar-refractivity contribution in [2.45, 2.75) is 33.1 Å². The summed E-state index contributed by atoms with van der Waals surface area (Å²) in [6.07, 6.45) is 3.43. The van der Waals surface area contributed by atoms with Crippen molar-refractivity contribution in [2.24, 2.45) is 16.1 Å². The average molecular weight is 177 g/mol. The molecule has 2 nitrogen and oxygen atoms in total. The van der Waals surface area contributed by atoms with Gasteiger partial charge in [0, 0.05) is 13.0 Å². The van der Waals surface area contributed by atoms with Crippen LogP contribution in [0, 0.1) is 5.41 Å². The first-order valence-corrected chi connectivity index (χ1v) is 3.89. The second kappa shape index (κ2) is 3.96. The molecule has 66 valence electrons. The maximum absolute atomic E-state index is 5.61. The van der Waals surface area contributed by atoms with Gasteiger partial charge in [0.1, 0.15) is 0 Å². The summed E-state index contributed by atoms with van der Waals surface area (Å²) in [6.45, 7) is 5.39. The second-order valence-electron chi connectivity index (χ2n) is 3.83. The van der Waals surface area contributed by atoms with E-state index in [0.717, 1.165) is 18.8 Å². The van der Waals surface area contributed by atoms with Crippen molar-refractivity contribution in [3.05, 3.63) is 0 Å². The van der Waals surface area contributed by atoms with E-state index in [1.807, 2.05) is 0 Å². The number of halogens is 1. The zero-order valence-electron chi connectivity index (χ0n) is 7.26. The highest BCUT2D eigenvalue weighted by atomic mass is 35.5. The molecule has 1 heterocycles. The van der Waals surface area contributed by atoms with E-state index in [1.54, 1.807) is 0 Å². The predicted octanol–water partition coefficient (Wildman–Crippen LogP) is 1.98. The minimum Gasteiger partial charge on any atom is -0.387 e. The van der Waals surface area contributed by atoms with E-state index >= 15 is 0 Å². The Morgan fingerprint density at radius 2 is 2.09 bits per heavy atom. The zero-order chi connectivity index (χ0) is 7.61. The maximum Gasteiger partial charge on any atom is 0.0937 e. The third-order valence-electron chi connectivity index (χ3n) is 2.00. The van der Waals surface area contributed by atoms with E-state index in [0.29, 0.717) is 5.41 Å². The molecule has 0 aromatic carbocycles. The fraction of sp³-hybridized carbons (Fsp3) is 0.875. The van der Waals surface area contributed by atoms with Crippen molar-refractivity contribution in [3.8, 4) is 0 Å². The van der Waals surface area contributed by atoms with Crippen LogP contribution in [0.1, 0.15) is 33.1 Å². The van der Waals surface area contributed by atoms with Gasteiger partial charge in [-0.05, 0) is 18.3 Å². The summed E-state index contributed by atoms with van der Waals surface area (Å²) in [5.41, 5.74) is 5.98. The monoisotopic (exact) mass is 176 g/mol. The molecule has 0 saturated carbocycles. The van der Waals surface area contributed by atoms with Gasteiger partial charge in [-0.15, -0.1) is 12.4 Å². The first-order valence-electron chi connectivity index (χ1n) is 3.89. The van der Waals surface area contributed by atoms with Crippen molar-refractivity contribution in [2.75, 3.05) is 6.54 Å². The maximum atomic E-state index is 5.61. The lowest BCUT2D eigenvalue weighted by atomic mass is 9.88. The Balaban J connectivity index is 0.000001000. The molecule has 0 spiro atoms. The number of amidine groups is 1. The lowest BCUT2D eigenvalue weighted by Crippen LogP contribution is -2.14. The van der Waals surface area contributed by atoms with Gasteiger partial charge in [0.25, 0.3) is 0 Å². The molecule has 0 radical (unpaired) electrons. The van der Waals surface area contributed by atoms with Crippen LogP contribution in [0.4, 0.5) is 0 Å². The van der Waals surface area contributed by atoms with Gasteiger partial charge in [0.2, 0.25) is 0 Å². The lowest BCUT2D eigenvalue weighted by molar-refractivity contribution is 0.348. The van der Waals surface area contributed by atoms with Crippen LogP contribution < -0.4 is 5.73 Å². The molecule has 3 heteroatoms. The Bertz CT molecular complexity index is 152. The summed E-state index contributed by atoms with van der Waals surface area (Å²) in [5, 5.41) is 0. The van der Waals surface area contributed by atoms with Gasteiger partial charge < -0.3 is 5.73 Å². The fourth-order valence-electron chi connectivity index (χ4n) is 1.22. The van der Waals surface area contributed by atoms with Crippen LogP contribution in [0.15, 0.2) is 4.99 Å². The van der Waals surface area contributed by atoms with Crippen LogP contribution in [0.3, 0.4) is 0 Å².